The fraction of sp³-hybridized carbons (Fsp3) is 0.350. The van der Waals surface area contributed by atoms with Crippen LogP contribution in [0.15, 0.2) is 43.2 Å². The number of carbonyl (C=O) groups is 2. The minimum Gasteiger partial charge on any atom is -0.497 e. The van der Waals surface area contributed by atoms with Crippen molar-refractivity contribution in [2.75, 3.05) is 33.9 Å². The van der Waals surface area contributed by atoms with Crippen molar-refractivity contribution in [1.29, 1.82) is 0 Å². The quantitative estimate of drug-likeness (QED) is 0.733. The van der Waals surface area contributed by atoms with Gasteiger partial charge in [-0.1, -0.05) is 6.58 Å². The maximum absolute atomic E-state index is 13.4. The lowest BCUT2D eigenvalue weighted by Gasteiger charge is -2.40. The number of ether oxygens (including phenoxy) is 2. The van der Waals surface area contributed by atoms with Crippen LogP contribution >= 0.6 is 0 Å². The molecule has 1 atom stereocenters. The highest BCUT2D eigenvalue weighted by Crippen LogP contribution is 2.29. The average molecular weight is 384 g/mol. The van der Waals surface area contributed by atoms with Crippen molar-refractivity contribution in [2.24, 2.45) is 7.05 Å². The van der Waals surface area contributed by atoms with Crippen molar-refractivity contribution >= 4 is 11.8 Å². The smallest absolute Gasteiger partial charge is 0.254 e. The van der Waals surface area contributed by atoms with E-state index in [2.05, 4.69) is 11.6 Å². The van der Waals surface area contributed by atoms with Crippen LogP contribution in [-0.4, -0.2) is 65.0 Å². The van der Waals surface area contributed by atoms with Crippen LogP contribution < -0.4 is 9.47 Å². The van der Waals surface area contributed by atoms with Crippen LogP contribution in [0.1, 0.15) is 22.2 Å². The van der Waals surface area contributed by atoms with Gasteiger partial charge < -0.3 is 23.8 Å². The molecule has 1 saturated heterocycles. The molecule has 148 valence electrons. The molecule has 0 radical (unpaired) electrons. The highest BCUT2D eigenvalue weighted by molar-refractivity contribution is 5.95. The van der Waals surface area contributed by atoms with E-state index in [-0.39, 0.29) is 17.9 Å². The van der Waals surface area contributed by atoms with Gasteiger partial charge in [0, 0.05) is 50.7 Å². The van der Waals surface area contributed by atoms with E-state index in [4.69, 9.17) is 9.47 Å². The number of aromatic nitrogens is 2. The summed E-state index contributed by atoms with van der Waals surface area (Å²) < 4.78 is 12.4. The third-order valence-corrected chi connectivity index (χ3v) is 4.88. The first-order valence-electron chi connectivity index (χ1n) is 8.91. The molecule has 28 heavy (non-hydrogen) atoms. The van der Waals surface area contributed by atoms with Crippen LogP contribution in [0.2, 0.25) is 0 Å². The Labute approximate surface area is 164 Å². The van der Waals surface area contributed by atoms with Gasteiger partial charge in [0.05, 0.1) is 14.2 Å². The van der Waals surface area contributed by atoms with E-state index >= 15 is 0 Å². The molecule has 0 spiro atoms. The molecule has 1 unspecified atom stereocenters. The molecule has 3 rings (SSSR count). The highest BCUT2D eigenvalue weighted by atomic mass is 16.5. The minimum atomic E-state index is -0.373. The molecule has 0 saturated carbocycles. The van der Waals surface area contributed by atoms with Crippen LogP contribution in [0, 0.1) is 0 Å². The van der Waals surface area contributed by atoms with Crippen LogP contribution in [0.5, 0.6) is 11.5 Å². The number of aryl methyl sites for hydroxylation is 1. The SMILES string of the molecule is C=CC(=O)N1CCN(C(=O)c2cc(OC)cc(OC)c2)C(c2nccn2C)C1. The van der Waals surface area contributed by atoms with Gasteiger partial charge in [-0.25, -0.2) is 4.98 Å². The monoisotopic (exact) mass is 384 g/mol. The Morgan fingerprint density at radius 3 is 2.39 bits per heavy atom. The molecule has 1 aromatic heterocycles. The zero-order valence-electron chi connectivity index (χ0n) is 16.3. The first-order chi connectivity index (χ1) is 13.5. The van der Waals surface area contributed by atoms with Crippen LogP contribution in [0.25, 0.3) is 0 Å². The van der Waals surface area contributed by atoms with Crippen molar-refractivity contribution < 1.29 is 19.1 Å². The van der Waals surface area contributed by atoms with Crippen molar-refractivity contribution in [3.05, 3.63) is 54.6 Å². The molecule has 2 amide bonds. The molecule has 8 nitrogen and oxygen atoms in total. The summed E-state index contributed by atoms with van der Waals surface area (Å²) in [6, 6.07) is 4.71. The fourth-order valence-electron chi connectivity index (χ4n) is 3.37. The van der Waals surface area contributed by atoms with Crippen LogP contribution in [-0.2, 0) is 11.8 Å². The Morgan fingerprint density at radius 1 is 1.18 bits per heavy atom. The van der Waals surface area contributed by atoms with Gasteiger partial charge in [0.2, 0.25) is 5.91 Å². The maximum atomic E-state index is 13.4. The zero-order chi connectivity index (χ0) is 20.3. The first-order valence-corrected chi connectivity index (χ1v) is 8.91. The Bertz CT molecular complexity index is 870. The number of carbonyl (C=O) groups excluding carboxylic acids is 2. The lowest BCUT2D eigenvalue weighted by atomic mass is 10.1. The molecule has 0 bridgehead atoms. The average Bonchev–Trinajstić information content (AvgIpc) is 3.17. The molecular weight excluding hydrogens is 360 g/mol. The molecule has 0 aliphatic carbocycles. The van der Waals surface area contributed by atoms with Gasteiger partial charge in [-0.05, 0) is 18.2 Å². The number of imidazole rings is 1. The first kappa shape index (κ1) is 19.5. The Kier molecular flexibility index (Phi) is 5.67. The van der Waals surface area contributed by atoms with E-state index in [1.54, 1.807) is 48.4 Å². The Hall–Kier alpha value is -3.29. The second-order valence-electron chi connectivity index (χ2n) is 6.50. The number of nitrogens with zero attached hydrogens (tertiary/aromatic N) is 4. The lowest BCUT2D eigenvalue weighted by Crippen LogP contribution is -2.52. The van der Waals surface area contributed by atoms with Gasteiger partial charge in [-0.3, -0.25) is 9.59 Å². The molecule has 0 N–H and O–H groups in total. The van der Waals surface area contributed by atoms with Gasteiger partial charge in [0.25, 0.3) is 5.91 Å². The second-order valence-corrected chi connectivity index (χ2v) is 6.50. The number of methoxy groups -OCH3 is 2. The Morgan fingerprint density at radius 2 is 1.86 bits per heavy atom. The molecule has 2 heterocycles. The molecular formula is C20H24N4O4. The molecule has 2 aromatic rings. The summed E-state index contributed by atoms with van der Waals surface area (Å²) in [5, 5.41) is 0. The topological polar surface area (TPSA) is 76.9 Å². The normalized spacial score (nSPS) is 16.6. The highest BCUT2D eigenvalue weighted by Gasteiger charge is 2.35. The number of hydrogen-bond acceptors (Lipinski definition) is 5. The van der Waals surface area contributed by atoms with E-state index in [0.29, 0.717) is 42.5 Å². The predicted molar refractivity (Wildman–Crippen MR) is 103 cm³/mol. The summed E-state index contributed by atoms with van der Waals surface area (Å²) in [6.07, 6.45) is 4.79. The van der Waals surface area contributed by atoms with Gasteiger partial charge in [-0.15, -0.1) is 0 Å². The number of benzene rings is 1. The fourth-order valence-corrected chi connectivity index (χ4v) is 3.37. The van der Waals surface area contributed by atoms with Gasteiger partial charge >= 0.3 is 0 Å². The summed E-state index contributed by atoms with van der Waals surface area (Å²) in [7, 11) is 4.95. The summed E-state index contributed by atoms with van der Waals surface area (Å²) >= 11 is 0. The van der Waals surface area contributed by atoms with E-state index in [9.17, 15) is 9.59 Å². The number of rotatable bonds is 5. The Balaban J connectivity index is 1.96. The summed E-state index contributed by atoms with van der Waals surface area (Å²) in [5.74, 6) is 1.46. The van der Waals surface area contributed by atoms with Crippen molar-refractivity contribution in [1.82, 2.24) is 19.4 Å². The number of amides is 2. The van der Waals surface area contributed by atoms with Gasteiger partial charge in [-0.2, -0.15) is 0 Å². The summed E-state index contributed by atoms with van der Waals surface area (Å²) in [6.45, 7) is 4.72. The minimum absolute atomic E-state index is 0.158. The van der Waals surface area contributed by atoms with Gasteiger partial charge in [0.1, 0.15) is 23.4 Å². The van der Waals surface area contributed by atoms with E-state index < -0.39 is 0 Å². The molecule has 8 heteroatoms. The van der Waals surface area contributed by atoms with E-state index in [1.807, 2.05) is 17.8 Å². The molecule has 1 fully saturated rings. The van der Waals surface area contributed by atoms with Crippen molar-refractivity contribution in [2.45, 2.75) is 6.04 Å². The van der Waals surface area contributed by atoms with E-state index in [0.717, 1.165) is 0 Å². The second kappa shape index (κ2) is 8.16. The lowest BCUT2D eigenvalue weighted by molar-refractivity contribution is -0.128. The standard InChI is InChI=1S/C20H24N4O4/c1-5-18(25)23-8-9-24(17(13-23)19-21-6-7-22(19)2)20(26)14-10-15(27-3)12-16(11-14)28-4/h5-7,10-12,17H,1,8-9,13H2,2-4H3. The van der Waals surface area contributed by atoms with Crippen LogP contribution in [0.4, 0.5) is 0 Å². The van der Waals surface area contributed by atoms with Crippen molar-refractivity contribution in [3.8, 4) is 11.5 Å². The van der Waals surface area contributed by atoms with E-state index in [1.165, 1.54) is 6.08 Å². The summed E-state index contributed by atoms with van der Waals surface area (Å²) in [5.41, 5.74) is 0.457. The van der Waals surface area contributed by atoms with Crippen LogP contribution in [0.3, 0.4) is 0 Å². The number of hydrogen-bond donors (Lipinski definition) is 0. The van der Waals surface area contributed by atoms with Crippen molar-refractivity contribution in [3.63, 3.8) is 0 Å². The third-order valence-electron chi connectivity index (χ3n) is 4.88. The predicted octanol–water partition coefficient (Wildman–Crippen LogP) is 1.65. The molecule has 1 aliphatic rings. The third kappa shape index (κ3) is 3.71. The van der Waals surface area contributed by atoms with Gasteiger partial charge in [0.15, 0.2) is 0 Å². The molecule has 1 aliphatic heterocycles. The largest absolute Gasteiger partial charge is 0.497 e. The maximum Gasteiger partial charge on any atom is 0.254 e. The molecule has 1 aromatic carbocycles. The zero-order valence-corrected chi connectivity index (χ0v) is 16.3. The number of piperazine rings is 1. The summed E-state index contributed by atoms with van der Waals surface area (Å²) in [4.78, 5) is 33.3.